The Morgan fingerprint density at radius 3 is 2.20 bits per heavy atom. The molecule has 0 aliphatic heterocycles. The van der Waals surface area contributed by atoms with Crippen molar-refractivity contribution in [1.82, 2.24) is 0 Å². The molecule has 0 saturated carbocycles. The van der Waals surface area contributed by atoms with Crippen LogP contribution in [0.15, 0.2) is 0 Å². The number of carbonyl (C=O) groups is 1. The van der Waals surface area contributed by atoms with Gasteiger partial charge in [-0.05, 0) is 32.7 Å². The van der Waals surface area contributed by atoms with Crippen molar-refractivity contribution in [3.05, 3.63) is 0 Å². The predicted octanol–water partition coefficient (Wildman–Crippen LogP) is 4.56. The van der Waals surface area contributed by atoms with Crippen molar-refractivity contribution in [2.75, 3.05) is 19.0 Å². The summed E-state index contributed by atoms with van der Waals surface area (Å²) in [6.07, 6.45) is 7.82. The average molecular weight is 320 g/mol. The van der Waals surface area contributed by atoms with Gasteiger partial charge in [0, 0.05) is 25.4 Å². The van der Waals surface area contributed by atoms with Crippen LogP contribution in [-0.4, -0.2) is 33.4 Å². The second kappa shape index (κ2) is 15.5. The molecule has 5 heteroatoms. The SMILES string of the molecule is CCCCCCCC(=O)SCCC[Si](OCC)OCC. The van der Waals surface area contributed by atoms with E-state index < -0.39 is 9.28 Å². The number of unbranched alkanes of at least 4 members (excludes halogenated alkanes) is 4. The topological polar surface area (TPSA) is 35.5 Å². The number of hydrogen-bond donors (Lipinski definition) is 0. The van der Waals surface area contributed by atoms with E-state index in [4.69, 9.17) is 8.85 Å². The molecule has 0 bridgehead atoms. The van der Waals surface area contributed by atoms with Gasteiger partial charge >= 0.3 is 9.28 Å². The van der Waals surface area contributed by atoms with Gasteiger partial charge in [0.15, 0.2) is 5.12 Å². The first-order valence-corrected chi connectivity index (χ1v) is 10.5. The van der Waals surface area contributed by atoms with Crippen molar-refractivity contribution in [2.45, 2.75) is 71.8 Å². The van der Waals surface area contributed by atoms with Crippen molar-refractivity contribution in [3.63, 3.8) is 0 Å². The van der Waals surface area contributed by atoms with Crippen LogP contribution in [0.4, 0.5) is 0 Å². The monoisotopic (exact) mass is 319 g/mol. The zero-order chi connectivity index (χ0) is 15.1. The van der Waals surface area contributed by atoms with Gasteiger partial charge in [0.05, 0.1) is 0 Å². The molecule has 0 aliphatic carbocycles. The summed E-state index contributed by atoms with van der Waals surface area (Å²) in [6.45, 7) is 7.65. The highest BCUT2D eigenvalue weighted by atomic mass is 32.2. The van der Waals surface area contributed by atoms with Gasteiger partial charge in [-0.25, -0.2) is 0 Å². The van der Waals surface area contributed by atoms with E-state index >= 15 is 0 Å². The molecule has 20 heavy (non-hydrogen) atoms. The predicted molar refractivity (Wildman–Crippen MR) is 89.3 cm³/mol. The van der Waals surface area contributed by atoms with Crippen LogP contribution < -0.4 is 0 Å². The molecule has 119 valence electrons. The number of thioether (sulfide) groups is 1. The Kier molecular flexibility index (Phi) is 15.7. The largest absolute Gasteiger partial charge is 0.394 e. The third-order valence-electron chi connectivity index (χ3n) is 2.88. The molecule has 0 saturated heterocycles. The van der Waals surface area contributed by atoms with Gasteiger partial charge < -0.3 is 8.85 Å². The van der Waals surface area contributed by atoms with E-state index in [2.05, 4.69) is 6.92 Å². The first-order valence-electron chi connectivity index (χ1n) is 8.01. The second-order valence-corrected chi connectivity index (χ2v) is 7.70. The van der Waals surface area contributed by atoms with Gasteiger partial charge in [-0.3, -0.25) is 4.79 Å². The van der Waals surface area contributed by atoms with E-state index in [0.29, 0.717) is 5.12 Å². The lowest BCUT2D eigenvalue weighted by Gasteiger charge is -2.12. The fraction of sp³-hybridized carbons (Fsp3) is 0.933. The van der Waals surface area contributed by atoms with Crippen LogP contribution in [0.3, 0.4) is 0 Å². The van der Waals surface area contributed by atoms with E-state index in [1.54, 1.807) is 0 Å². The quantitative estimate of drug-likeness (QED) is 0.347. The highest BCUT2D eigenvalue weighted by molar-refractivity contribution is 8.13. The third kappa shape index (κ3) is 13.2. The highest BCUT2D eigenvalue weighted by Gasteiger charge is 2.14. The van der Waals surface area contributed by atoms with Crippen molar-refractivity contribution < 1.29 is 13.6 Å². The minimum atomic E-state index is -1.10. The smallest absolute Gasteiger partial charge is 0.384 e. The molecule has 0 aromatic heterocycles. The zero-order valence-electron chi connectivity index (χ0n) is 13.4. The van der Waals surface area contributed by atoms with Crippen molar-refractivity contribution in [3.8, 4) is 0 Å². The molecule has 0 heterocycles. The lowest BCUT2D eigenvalue weighted by Crippen LogP contribution is -2.22. The first-order chi connectivity index (χ1) is 9.74. The van der Waals surface area contributed by atoms with E-state index in [9.17, 15) is 4.79 Å². The summed E-state index contributed by atoms with van der Waals surface area (Å²) in [7, 11) is -1.10. The van der Waals surface area contributed by atoms with E-state index in [0.717, 1.165) is 44.3 Å². The molecule has 0 amide bonds. The summed E-state index contributed by atoms with van der Waals surface area (Å²) in [5.41, 5.74) is 0. The molecular weight excluding hydrogens is 288 g/mol. The summed E-state index contributed by atoms with van der Waals surface area (Å²) in [5.74, 6) is 0.905. The Hall–Kier alpha value is 0.157. The van der Waals surface area contributed by atoms with Crippen molar-refractivity contribution in [2.24, 2.45) is 0 Å². The molecule has 0 aromatic rings. The van der Waals surface area contributed by atoms with Gasteiger partial charge in [-0.15, -0.1) is 0 Å². The molecule has 0 rings (SSSR count). The fourth-order valence-corrected chi connectivity index (χ4v) is 4.40. The molecule has 3 nitrogen and oxygen atoms in total. The van der Waals surface area contributed by atoms with Crippen LogP contribution in [0.1, 0.15) is 65.7 Å². The van der Waals surface area contributed by atoms with Crippen molar-refractivity contribution >= 4 is 26.2 Å². The van der Waals surface area contributed by atoms with Crippen LogP contribution in [0.25, 0.3) is 0 Å². The third-order valence-corrected chi connectivity index (χ3v) is 5.89. The molecule has 0 fully saturated rings. The number of hydrogen-bond acceptors (Lipinski definition) is 4. The van der Waals surface area contributed by atoms with Crippen LogP contribution in [0, 0.1) is 0 Å². The van der Waals surface area contributed by atoms with Crippen LogP contribution >= 0.6 is 11.8 Å². The van der Waals surface area contributed by atoms with Gasteiger partial charge in [-0.2, -0.15) is 0 Å². The Balaban J connectivity index is 3.45. The maximum atomic E-state index is 11.7. The lowest BCUT2D eigenvalue weighted by molar-refractivity contribution is -0.111. The van der Waals surface area contributed by atoms with Gasteiger partial charge in [0.2, 0.25) is 0 Å². The van der Waals surface area contributed by atoms with E-state index in [1.165, 1.54) is 37.4 Å². The lowest BCUT2D eigenvalue weighted by atomic mass is 10.1. The molecule has 1 radical (unpaired) electrons. The van der Waals surface area contributed by atoms with Crippen LogP contribution in [0.5, 0.6) is 0 Å². The minimum Gasteiger partial charge on any atom is -0.394 e. The normalized spacial score (nSPS) is 11.2. The Bertz CT molecular complexity index is 221. The Labute approximate surface area is 131 Å². The number of carbonyl (C=O) groups excluding carboxylic acids is 1. The summed E-state index contributed by atoms with van der Waals surface area (Å²) >= 11 is 1.48. The van der Waals surface area contributed by atoms with E-state index in [-0.39, 0.29) is 0 Å². The maximum Gasteiger partial charge on any atom is 0.384 e. The second-order valence-electron chi connectivity index (χ2n) is 4.73. The molecule has 0 N–H and O–H groups in total. The summed E-state index contributed by atoms with van der Waals surface area (Å²) in [4.78, 5) is 11.7. The highest BCUT2D eigenvalue weighted by Crippen LogP contribution is 2.14. The molecule has 0 aliphatic rings. The summed E-state index contributed by atoms with van der Waals surface area (Å²) in [5, 5.41) is 0.350. The zero-order valence-corrected chi connectivity index (χ0v) is 15.2. The molecule has 0 aromatic carbocycles. The number of rotatable bonds is 14. The standard InChI is InChI=1S/C15H31O3SSi/c1-4-7-8-9-10-12-15(16)19-13-11-14-20(17-5-2)18-6-3/h4-14H2,1-3H3. The van der Waals surface area contributed by atoms with Crippen LogP contribution in [-0.2, 0) is 13.6 Å². The maximum absolute atomic E-state index is 11.7. The summed E-state index contributed by atoms with van der Waals surface area (Å²) in [6, 6.07) is 0.975. The Morgan fingerprint density at radius 2 is 1.60 bits per heavy atom. The summed E-state index contributed by atoms with van der Waals surface area (Å²) < 4.78 is 11.2. The van der Waals surface area contributed by atoms with Crippen LogP contribution in [0.2, 0.25) is 6.04 Å². The Morgan fingerprint density at radius 1 is 0.950 bits per heavy atom. The first kappa shape index (κ1) is 20.2. The average Bonchev–Trinajstić information content (AvgIpc) is 2.43. The molecular formula is C15H31O3SSi. The van der Waals surface area contributed by atoms with Crippen molar-refractivity contribution in [1.29, 1.82) is 0 Å². The minimum absolute atomic E-state index is 0.350. The van der Waals surface area contributed by atoms with Gasteiger partial charge in [-0.1, -0.05) is 44.4 Å². The van der Waals surface area contributed by atoms with Gasteiger partial charge in [0.25, 0.3) is 0 Å². The fourth-order valence-electron chi connectivity index (χ4n) is 1.86. The molecule has 0 unspecified atom stereocenters. The molecule has 0 atom stereocenters. The van der Waals surface area contributed by atoms with E-state index in [1.807, 2.05) is 13.8 Å². The van der Waals surface area contributed by atoms with Gasteiger partial charge in [0.1, 0.15) is 0 Å². The molecule has 0 spiro atoms.